The lowest BCUT2D eigenvalue weighted by Crippen LogP contribution is -1.99. The van der Waals surface area contributed by atoms with Gasteiger partial charge in [0.15, 0.2) is 0 Å². The molecule has 132 valence electrons. The molecule has 2 aromatic rings. The first-order valence-electron chi connectivity index (χ1n) is 9.84. The Morgan fingerprint density at radius 2 is 1.21 bits per heavy atom. The van der Waals surface area contributed by atoms with Gasteiger partial charge in [-0.25, -0.2) is 0 Å². The van der Waals surface area contributed by atoms with Crippen LogP contribution in [0.4, 0.5) is 0 Å². The molecule has 0 atom stereocenters. The molecule has 0 unspecified atom stereocenters. The van der Waals surface area contributed by atoms with Crippen LogP contribution in [0.5, 0.6) is 0 Å². The highest BCUT2D eigenvalue weighted by atomic mass is 14.1. The topological polar surface area (TPSA) is 0 Å². The molecule has 0 N–H and O–H groups in total. The van der Waals surface area contributed by atoms with E-state index in [2.05, 4.69) is 75.4 Å². The van der Waals surface area contributed by atoms with Gasteiger partial charge >= 0.3 is 0 Å². The molecule has 0 saturated heterocycles. The molecule has 0 nitrogen and oxygen atoms in total. The van der Waals surface area contributed by atoms with Crippen molar-refractivity contribution in [2.75, 3.05) is 0 Å². The maximum Gasteiger partial charge on any atom is -0.0281 e. The fourth-order valence-corrected chi connectivity index (χ4v) is 2.95. The van der Waals surface area contributed by atoms with Crippen LogP contribution in [0.2, 0.25) is 0 Å². The lowest BCUT2D eigenvalue weighted by atomic mass is 9.91. The standard InChI is InChI=1S/C9H12.C8H10.C7H14/c1-2-6-9-7-4-3-5-8-9;1-2-8-6-4-3-5-7-8;1-7-5-3-2-4-6-7/h3-5,7-8H,2,6H2,1H3;3-7H,2H2,1H3;7H,2-6H2,1H3. The minimum atomic E-state index is 1.04. The summed E-state index contributed by atoms with van der Waals surface area (Å²) in [5.41, 5.74) is 2.85. The maximum atomic E-state index is 2.36. The summed E-state index contributed by atoms with van der Waals surface area (Å²) in [5.74, 6) is 1.04. The van der Waals surface area contributed by atoms with E-state index in [0.717, 1.165) is 12.3 Å². The third kappa shape index (κ3) is 10.3. The molecule has 2 aromatic carbocycles. The smallest absolute Gasteiger partial charge is 0.0281 e. The van der Waals surface area contributed by atoms with Gasteiger partial charge in [0.25, 0.3) is 0 Å². The molecule has 0 amide bonds. The van der Waals surface area contributed by atoms with Gasteiger partial charge in [0.2, 0.25) is 0 Å². The summed E-state index contributed by atoms with van der Waals surface area (Å²) in [5, 5.41) is 0. The van der Waals surface area contributed by atoms with E-state index in [0.29, 0.717) is 0 Å². The van der Waals surface area contributed by atoms with Gasteiger partial charge in [-0.1, -0.05) is 120 Å². The first-order valence-corrected chi connectivity index (χ1v) is 9.84. The number of aryl methyl sites for hydroxylation is 2. The van der Waals surface area contributed by atoms with E-state index in [9.17, 15) is 0 Å². The fraction of sp³-hybridized carbons (Fsp3) is 0.500. The van der Waals surface area contributed by atoms with Gasteiger partial charge in [-0.15, -0.1) is 0 Å². The molecule has 0 aromatic heterocycles. The van der Waals surface area contributed by atoms with Gasteiger partial charge in [-0.2, -0.15) is 0 Å². The summed E-state index contributed by atoms with van der Waals surface area (Å²) in [6.07, 6.45) is 11.0. The molecular weight excluding hydrogens is 288 g/mol. The Labute approximate surface area is 150 Å². The van der Waals surface area contributed by atoms with E-state index >= 15 is 0 Å². The highest BCUT2D eigenvalue weighted by Crippen LogP contribution is 2.22. The summed E-state index contributed by atoms with van der Waals surface area (Å²) in [4.78, 5) is 0. The van der Waals surface area contributed by atoms with E-state index in [4.69, 9.17) is 0 Å². The highest BCUT2D eigenvalue weighted by molar-refractivity contribution is 5.14. The molecule has 0 bridgehead atoms. The molecule has 0 heterocycles. The highest BCUT2D eigenvalue weighted by Gasteiger charge is 2.05. The van der Waals surface area contributed by atoms with Gasteiger partial charge in [-0.05, 0) is 29.9 Å². The van der Waals surface area contributed by atoms with Crippen molar-refractivity contribution in [3.63, 3.8) is 0 Å². The predicted molar refractivity (Wildman–Crippen MR) is 109 cm³/mol. The first kappa shape index (κ1) is 20.5. The van der Waals surface area contributed by atoms with E-state index in [1.165, 1.54) is 56.1 Å². The lowest BCUT2D eigenvalue weighted by Gasteiger charge is -2.15. The largest absolute Gasteiger partial charge is 0.0651 e. The maximum absolute atomic E-state index is 2.36. The van der Waals surface area contributed by atoms with Crippen LogP contribution in [-0.4, -0.2) is 0 Å². The summed E-state index contributed by atoms with van der Waals surface area (Å²) < 4.78 is 0. The number of hydrogen-bond donors (Lipinski definition) is 0. The van der Waals surface area contributed by atoms with E-state index in [1.807, 2.05) is 6.07 Å². The second-order valence-corrected chi connectivity index (χ2v) is 6.82. The van der Waals surface area contributed by atoms with Crippen molar-refractivity contribution in [2.45, 2.75) is 72.1 Å². The van der Waals surface area contributed by atoms with Crippen molar-refractivity contribution >= 4 is 0 Å². The molecule has 0 radical (unpaired) electrons. The average Bonchev–Trinajstić information content (AvgIpc) is 2.65. The van der Waals surface area contributed by atoms with Crippen molar-refractivity contribution in [3.8, 4) is 0 Å². The SMILES string of the molecule is CC1CCCCC1.CCCc1ccccc1.CCc1ccccc1. The Hall–Kier alpha value is -1.56. The first-order chi connectivity index (χ1) is 11.8. The van der Waals surface area contributed by atoms with Crippen LogP contribution in [0.1, 0.15) is 70.4 Å². The van der Waals surface area contributed by atoms with Gasteiger partial charge in [0.05, 0.1) is 0 Å². The Bertz CT molecular complexity index is 480. The Kier molecular flexibility index (Phi) is 11.8. The summed E-state index contributed by atoms with van der Waals surface area (Å²) in [6, 6.07) is 21.0. The van der Waals surface area contributed by atoms with Crippen LogP contribution in [-0.2, 0) is 12.8 Å². The normalized spacial score (nSPS) is 14.0. The third-order valence-electron chi connectivity index (χ3n) is 4.53. The number of rotatable bonds is 3. The summed E-state index contributed by atoms with van der Waals surface area (Å²) in [7, 11) is 0. The van der Waals surface area contributed by atoms with Gasteiger partial charge in [0, 0.05) is 0 Å². The van der Waals surface area contributed by atoms with Crippen LogP contribution in [0.15, 0.2) is 60.7 Å². The summed E-state index contributed by atoms with van der Waals surface area (Å²) in [6.45, 7) is 6.72. The Morgan fingerprint density at radius 1 is 0.708 bits per heavy atom. The van der Waals surface area contributed by atoms with Crippen molar-refractivity contribution in [1.29, 1.82) is 0 Å². The molecule has 1 fully saturated rings. The zero-order valence-corrected chi connectivity index (χ0v) is 16.0. The molecule has 1 saturated carbocycles. The van der Waals surface area contributed by atoms with E-state index in [1.54, 1.807) is 0 Å². The minimum absolute atomic E-state index is 1.04. The molecule has 0 aliphatic heterocycles. The van der Waals surface area contributed by atoms with Crippen LogP contribution in [0, 0.1) is 5.92 Å². The average molecular weight is 325 g/mol. The van der Waals surface area contributed by atoms with Gasteiger partial charge in [0.1, 0.15) is 0 Å². The Balaban J connectivity index is 0.000000181. The zero-order valence-electron chi connectivity index (χ0n) is 16.0. The molecule has 1 aliphatic carbocycles. The molecule has 3 rings (SSSR count). The lowest BCUT2D eigenvalue weighted by molar-refractivity contribution is 0.385. The molecule has 0 spiro atoms. The second kappa shape index (κ2) is 13.8. The molecule has 0 heteroatoms. The second-order valence-electron chi connectivity index (χ2n) is 6.82. The van der Waals surface area contributed by atoms with Crippen molar-refractivity contribution < 1.29 is 0 Å². The van der Waals surface area contributed by atoms with Crippen LogP contribution in [0.25, 0.3) is 0 Å². The number of benzene rings is 2. The Morgan fingerprint density at radius 3 is 1.54 bits per heavy atom. The zero-order chi connectivity index (χ0) is 17.5. The predicted octanol–water partition coefficient (Wildman–Crippen LogP) is 7.47. The van der Waals surface area contributed by atoms with Crippen LogP contribution in [0.3, 0.4) is 0 Å². The summed E-state index contributed by atoms with van der Waals surface area (Å²) >= 11 is 0. The number of hydrogen-bond acceptors (Lipinski definition) is 0. The van der Waals surface area contributed by atoms with Crippen LogP contribution >= 0.6 is 0 Å². The third-order valence-corrected chi connectivity index (χ3v) is 4.53. The monoisotopic (exact) mass is 324 g/mol. The quantitative estimate of drug-likeness (QED) is 0.549. The minimum Gasteiger partial charge on any atom is -0.0651 e. The van der Waals surface area contributed by atoms with Crippen molar-refractivity contribution in [1.82, 2.24) is 0 Å². The van der Waals surface area contributed by atoms with Crippen molar-refractivity contribution in [3.05, 3.63) is 71.8 Å². The molecule has 1 aliphatic rings. The molecular formula is C24H36. The van der Waals surface area contributed by atoms with Crippen molar-refractivity contribution in [2.24, 2.45) is 5.92 Å². The van der Waals surface area contributed by atoms with E-state index in [-0.39, 0.29) is 0 Å². The van der Waals surface area contributed by atoms with E-state index < -0.39 is 0 Å². The fourth-order valence-electron chi connectivity index (χ4n) is 2.95. The van der Waals surface area contributed by atoms with Gasteiger partial charge in [-0.3, -0.25) is 0 Å². The van der Waals surface area contributed by atoms with Crippen LogP contribution < -0.4 is 0 Å². The molecule has 24 heavy (non-hydrogen) atoms. The van der Waals surface area contributed by atoms with Gasteiger partial charge < -0.3 is 0 Å².